The summed E-state index contributed by atoms with van der Waals surface area (Å²) >= 11 is 0. The summed E-state index contributed by atoms with van der Waals surface area (Å²) in [7, 11) is 4.54. The molecule has 0 amide bonds. The van der Waals surface area contributed by atoms with E-state index in [0.29, 0.717) is 34.3 Å². The molecule has 2 heterocycles. The summed E-state index contributed by atoms with van der Waals surface area (Å²) in [5.74, 6) is 1.63. The van der Waals surface area contributed by atoms with E-state index in [-0.39, 0.29) is 5.78 Å². The van der Waals surface area contributed by atoms with Crippen LogP contribution >= 0.6 is 0 Å². The molecule has 0 radical (unpaired) electrons. The Balaban J connectivity index is 1.73. The van der Waals surface area contributed by atoms with E-state index in [0.717, 1.165) is 16.5 Å². The van der Waals surface area contributed by atoms with Gasteiger partial charge in [0.1, 0.15) is 11.5 Å². The molecule has 28 heavy (non-hydrogen) atoms. The number of ether oxygens (including phenoxy) is 3. The van der Waals surface area contributed by atoms with E-state index in [2.05, 4.69) is 15.0 Å². The minimum Gasteiger partial charge on any atom is -0.493 e. The number of methoxy groups -OCH3 is 3. The van der Waals surface area contributed by atoms with Crippen LogP contribution in [0.1, 0.15) is 16.1 Å². The van der Waals surface area contributed by atoms with Gasteiger partial charge in [-0.25, -0.2) is 4.98 Å². The number of carbonyl (C=O) groups excluding carboxylic acids is 1. The Morgan fingerprint density at radius 2 is 1.71 bits per heavy atom. The van der Waals surface area contributed by atoms with Gasteiger partial charge in [0.2, 0.25) is 11.5 Å². The first-order valence-corrected chi connectivity index (χ1v) is 8.63. The number of hydrogen-bond donors (Lipinski definition) is 2. The van der Waals surface area contributed by atoms with E-state index in [9.17, 15) is 4.79 Å². The van der Waals surface area contributed by atoms with Crippen LogP contribution in [-0.4, -0.2) is 42.1 Å². The molecule has 2 aromatic carbocycles. The Morgan fingerprint density at radius 3 is 2.39 bits per heavy atom. The molecule has 0 saturated heterocycles. The molecule has 0 aliphatic heterocycles. The van der Waals surface area contributed by atoms with Gasteiger partial charge in [-0.15, -0.1) is 0 Å². The summed E-state index contributed by atoms with van der Waals surface area (Å²) in [6.07, 6.45) is 3.47. The normalized spacial score (nSPS) is 10.8. The first-order valence-electron chi connectivity index (χ1n) is 8.63. The van der Waals surface area contributed by atoms with Gasteiger partial charge in [-0.2, -0.15) is 0 Å². The molecular weight excluding hydrogens is 358 g/mol. The van der Waals surface area contributed by atoms with Crippen molar-refractivity contribution in [3.05, 3.63) is 60.0 Å². The molecule has 2 aromatic heterocycles. The Morgan fingerprint density at radius 1 is 0.964 bits per heavy atom. The van der Waals surface area contributed by atoms with Gasteiger partial charge in [0, 0.05) is 28.9 Å². The van der Waals surface area contributed by atoms with E-state index < -0.39 is 0 Å². The molecule has 7 heteroatoms. The summed E-state index contributed by atoms with van der Waals surface area (Å²) in [5, 5.41) is 1.08. The fraction of sp³-hybridized carbons (Fsp3) is 0.143. The van der Waals surface area contributed by atoms with Crippen LogP contribution in [0.15, 0.2) is 48.8 Å². The second-order valence-corrected chi connectivity index (χ2v) is 6.12. The number of ketones is 1. The SMILES string of the molecule is COc1cc(C(=O)c2c[nH]c(-c3cccc4cc[nH]c34)n2)cc(OC)c1OC. The standard InChI is InChI=1S/C21H19N3O4/c1-26-16-9-13(10-17(27-2)20(16)28-3)19(25)15-11-23-21(24-15)14-6-4-5-12-7-8-22-18(12)14/h4-11,22H,1-3H3,(H,23,24). The Kier molecular flexibility index (Phi) is 4.49. The molecule has 142 valence electrons. The number of aromatic nitrogens is 3. The summed E-state index contributed by atoms with van der Waals surface area (Å²) < 4.78 is 16.0. The molecule has 7 nitrogen and oxygen atoms in total. The number of rotatable bonds is 6. The van der Waals surface area contributed by atoms with Crippen molar-refractivity contribution in [2.24, 2.45) is 0 Å². The number of hydrogen-bond acceptors (Lipinski definition) is 5. The number of imidazole rings is 1. The second kappa shape index (κ2) is 7.11. The Labute approximate surface area is 161 Å². The largest absolute Gasteiger partial charge is 0.493 e. The number of para-hydroxylation sites is 1. The highest BCUT2D eigenvalue weighted by Gasteiger charge is 2.20. The minimum absolute atomic E-state index is 0.250. The van der Waals surface area contributed by atoms with Crippen molar-refractivity contribution in [3.8, 4) is 28.6 Å². The third kappa shape index (κ3) is 2.87. The van der Waals surface area contributed by atoms with Crippen molar-refractivity contribution in [1.82, 2.24) is 15.0 Å². The predicted molar refractivity (Wildman–Crippen MR) is 105 cm³/mol. The molecule has 4 rings (SSSR count). The van der Waals surface area contributed by atoms with E-state index in [1.807, 2.05) is 30.5 Å². The number of nitrogens with one attached hydrogen (secondary N) is 2. The van der Waals surface area contributed by atoms with Gasteiger partial charge in [-0.1, -0.05) is 12.1 Å². The number of benzene rings is 2. The van der Waals surface area contributed by atoms with Crippen molar-refractivity contribution < 1.29 is 19.0 Å². The van der Waals surface area contributed by atoms with E-state index in [1.165, 1.54) is 21.3 Å². The van der Waals surface area contributed by atoms with Gasteiger partial charge in [-0.3, -0.25) is 4.79 Å². The molecule has 0 aliphatic rings. The number of fused-ring (bicyclic) bond motifs is 1. The number of H-pyrrole nitrogens is 2. The number of carbonyl (C=O) groups is 1. The quantitative estimate of drug-likeness (QED) is 0.499. The van der Waals surface area contributed by atoms with Gasteiger partial charge < -0.3 is 24.2 Å². The molecule has 0 atom stereocenters. The van der Waals surface area contributed by atoms with Crippen LogP contribution in [0.2, 0.25) is 0 Å². The molecule has 0 fully saturated rings. The van der Waals surface area contributed by atoms with Crippen molar-refractivity contribution in [3.63, 3.8) is 0 Å². The zero-order chi connectivity index (χ0) is 19.7. The number of nitrogens with zero attached hydrogens (tertiary/aromatic N) is 1. The van der Waals surface area contributed by atoms with Crippen LogP contribution in [-0.2, 0) is 0 Å². The van der Waals surface area contributed by atoms with Crippen molar-refractivity contribution in [2.75, 3.05) is 21.3 Å². The molecule has 0 unspecified atom stereocenters. The summed E-state index contributed by atoms with van der Waals surface area (Å²) in [6, 6.07) is 11.1. The summed E-state index contributed by atoms with van der Waals surface area (Å²) in [5.41, 5.74) is 2.55. The highest BCUT2D eigenvalue weighted by Crippen LogP contribution is 2.38. The maximum atomic E-state index is 13.0. The van der Waals surface area contributed by atoms with Gasteiger partial charge in [0.15, 0.2) is 11.5 Å². The van der Waals surface area contributed by atoms with Crippen LogP contribution in [0, 0.1) is 0 Å². The third-order valence-corrected chi connectivity index (χ3v) is 4.58. The average molecular weight is 377 g/mol. The fourth-order valence-corrected chi connectivity index (χ4v) is 3.22. The first kappa shape index (κ1) is 17.7. The van der Waals surface area contributed by atoms with E-state index in [1.54, 1.807) is 18.3 Å². The van der Waals surface area contributed by atoms with Gasteiger partial charge >= 0.3 is 0 Å². The van der Waals surface area contributed by atoms with Crippen molar-refractivity contribution in [1.29, 1.82) is 0 Å². The lowest BCUT2D eigenvalue weighted by molar-refractivity contribution is 0.103. The van der Waals surface area contributed by atoms with Gasteiger partial charge in [0.25, 0.3) is 0 Å². The Hall–Kier alpha value is -3.74. The lowest BCUT2D eigenvalue weighted by Gasteiger charge is -2.13. The zero-order valence-electron chi connectivity index (χ0n) is 15.7. The molecule has 0 aliphatic carbocycles. The first-order chi connectivity index (χ1) is 13.7. The van der Waals surface area contributed by atoms with Gasteiger partial charge in [0.05, 0.1) is 26.8 Å². The topological polar surface area (TPSA) is 89.2 Å². The maximum absolute atomic E-state index is 13.0. The molecular formula is C21H19N3O4. The van der Waals surface area contributed by atoms with E-state index in [4.69, 9.17) is 14.2 Å². The lowest BCUT2D eigenvalue weighted by Crippen LogP contribution is -2.04. The van der Waals surface area contributed by atoms with Crippen LogP contribution in [0.5, 0.6) is 17.2 Å². The van der Waals surface area contributed by atoms with Crippen LogP contribution in [0.4, 0.5) is 0 Å². The zero-order valence-corrected chi connectivity index (χ0v) is 15.7. The van der Waals surface area contributed by atoms with Crippen LogP contribution in [0.3, 0.4) is 0 Å². The highest BCUT2D eigenvalue weighted by molar-refractivity contribution is 6.08. The molecule has 0 saturated carbocycles. The fourth-order valence-electron chi connectivity index (χ4n) is 3.22. The third-order valence-electron chi connectivity index (χ3n) is 4.58. The Bertz CT molecular complexity index is 1130. The van der Waals surface area contributed by atoms with Crippen molar-refractivity contribution >= 4 is 16.7 Å². The molecule has 2 N–H and O–H groups in total. The lowest BCUT2D eigenvalue weighted by atomic mass is 10.1. The number of aromatic amines is 2. The van der Waals surface area contributed by atoms with E-state index >= 15 is 0 Å². The van der Waals surface area contributed by atoms with Crippen LogP contribution < -0.4 is 14.2 Å². The monoisotopic (exact) mass is 377 g/mol. The summed E-state index contributed by atoms with van der Waals surface area (Å²) in [6.45, 7) is 0. The molecule has 4 aromatic rings. The van der Waals surface area contributed by atoms with Crippen LogP contribution in [0.25, 0.3) is 22.3 Å². The van der Waals surface area contributed by atoms with Gasteiger partial charge in [-0.05, 0) is 24.3 Å². The predicted octanol–water partition coefficient (Wildman–Crippen LogP) is 3.81. The summed E-state index contributed by atoms with van der Waals surface area (Å²) in [4.78, 5) is 23.8. The maximum Gasteiger partial charge on any atom is 0.213 e. The molecule has 0 bridgehead atoms. The van der Waals surface area contributed by atoms with Crippen molar-refractivity contribution in [2.45, 2.75) is 0 Å². The second-order valence-electron chi connectivity index (χ2n) is 6.12. The average Bonchev–Trinajstić information content (AvgIpc) is 3.41. The smallest absolute Gasteiger partial charge is 0.213 e. The minimum atomic E-state index is -0.250. The molecule has 0 spiro atoms. The highest BCUT2D eigenvalue weighted by atomic mass is 16.5.